The maximum absolute atomic E-state index is 13.7. The smallest absolute Gasteiger partial charge is 0.146 e. The molecule has 0 heterocycles. The van der Waals surface area contributed by atoms with Crippen LogP contribution in [-0.4, -0.2) is 19.1 Å². The Morgan fingerprint density at radius 2 is 1.94 bits per heavy atom. The maximum Gasteiger partial charge on any atom is 0.146 e. The summed E-state index contributed by atoms with van der Waals surface area (Å²) < 4.78 is 13.7. The number of hydrogen-bond donors (Lipinski definition) is 1. The van der Waals surface area contributed by atoms with Crippen LogP contribution in [0.2, 0.25) is 0 Å². The van der Waals surface area contributed by atoms with Crippen molar-refractivity contribution in [1.29, 1.82) is 0 Å². The molecule has 0 aromatic heterocycles. The second-order valence-corrected chi connectivity index (χ2v) is 5.24. The third-order valence-electron chi connectivity index (χ3n) is 3.41. The number of benzene rings is 1. The van der Waals surface area contributed by atoms with Crippen molar-refractivity contribution in [2.75, 3.05) is 18.0 Å². The van der Waals surface area contributed by atoms with Crippen molar-refractivity contribution in [1.82, 2.24) is 0 Å². The standard InChI is InChI=1S/C14H23FN2/c1-5-17(10-14(3,4)11(2)16)13-9-7-6-8-12(13)15/h6-9,11H,5,10,16H2,1-4H3. The second kappa shape index (κ2) is 5.50. The Morgan fingerprint density at radius 1 is 1.35 bits per heavy atom. The van der Waals surface area contributed by atoms with Crippen LogP contribution in [0.5, 0.6) is 0 Å². The van der Waals surface area contributed by atoms with Gasteiger partial charge in [-0.1, -0.05) is 26.0 Å². The third-order valence-corrected chi connectivity index (χ3v) is 3.41. The fourth-order valence-electron chi connectivity index (χ4n) is 1.71. The molecule has 2 N–H and O–H groups in total. The van der Waals surface area contributed by atoms with Gasteiger partial charge >= 0.3 is 0 Å². The highest BCUT2D eigenvalue weighted by Crippen LogP contribution is 2.26. The highest BCUT2D eigenvalue weighted by Gasteiger charge is 2.26. The lowest BCUT2D eigenvalue weighted by Crippen LogP contribution is -2.44. The number of nitrogens with two attached hydrogens (primary N) is 1. The first kappa shape index (κ1) is 14.0. The summed E-state index contributed by atoms with van der Waals surface area (Å²) >= 11 is 0. The van der Waals surface area contributed by atoms with Crippen LogP contribution in [0, 0.1) is 11.2 Å². The molecule has 3 heteroatoms. The molecular weight excluding hydrogens is 215 g/mol. The van der Waals surface area contributed by atoms with Gasteiger partial charge in [0, 0.05) is 19.1 Å². The van der Waals surface area contributed by atoms with E-state index in [-0.39, 0.29) is 17.3 Å². The van der Waals surface area contributed by atoms with Gasteiger partial charge in [0.1, 0.15) is 5.82 Å². The monoisotopic (exact) mass is 238 g/mol. The van der Waals surface area contributed by atoms with Gasteiger partial charge in [-0.3, -0.25) is 0 Å². The van der Waals surface area contributed by atoms with Gasteiger partial charge in [0.05, 0.1) is 5.69 Å². The number of rotatable bonds is 5. The predicted molar refractivity (Wildman–Crippen MR) is 71.7 cm³/mol. The molecule has 2 nitrogen and oxygen atoms in total. The van der Waals surface area contributed by atoms with Gasteiger partial charge in [0.15, 0.2) is 0 Å². The van der Waals surface area contributed by atoms with E-state index in [1.807, 2.05) is 30.9 Å². The predicted octanol–water partition coefficient (Wildman–Crippen LogP) is 3.03. The summed E-state index contributed by atoms with van der Waals surface area (Å²) in [6.07, 6.45) is 0. The lowest BCUT2D eigenvalue weighted by molar-refractivity contribution is 0.304. The second-order valence-electron chi connectivity index (χ2n) is 5.24. The van der Waals surface area contributed by atoms with Crippen LogP contribution in [0.4, 0.5) is 10.1 Å². The van der Waals surface area contributed by atoms with Gasteiger partial charge in [-0.25, -0.2) is 4.39 Å². The summed E-state index contributed by atoms with van der Waals surface area (Å²) in [5.74, 6) is -0.171. The molecule has 0 fully saturated rings. The van der Waals surface area contributed by atoms with E-state index in [0.29, 0.717) is 5.69 Å². The van der Waals surface area contributed by atoms with E-state index in [1.165, 1.54) is 6.07 Å². The molecule has 0 saturated heterocycles. The van der Waals surface area contributed by atoms with E-state index >= 15 is 0 Å². The normalized spacial score (nSPS) is 13.5. The molecule has 0 aliphatic rings. The summed E-state index contributed by atoms with van der Waals surface area (Å²) in [4.78, 5) is 2.04. The summed E-state index contributed by atoms with van der Waals surface area (Å²) in [5, 5.41) is 0. The number of anilines is 1. The first-order chi connectivity index (χ1) is 7.88. The van der Waals surface area contributed by atoms with E-state index in [0.717, 1.165) is 13.1 Å². The minimum Gasteiger partial charge on any atom is -0.369 e. The molecule has 1 atom stereocenters. The Morgan fingerprint density at radius 3 is 2.41 bits per heavy atom. The SMILES string of the molecule is CCN(CC(C)(C)C(C)N)c1ccccc1F. The molecule has 0 radical (unpaired) electrons. The van der Waals surface area contributed by atoms with Crippen molar-refractivity contribution >= 4 is 5.69 Å². The topological polar surface area (TPSA) is 29.3 Å². The molecule has 17 heavy (non-hydrogen) atoms. The van der Waals surface area contributed by atoms with Crippen LogP contribution in [0.1, 0.15) is 27.7 Å². The maximum atomic E-state index is 13.7. The zero-order valence-corrected chi connectivity index (χ0v) is 11.2. The Kier molecular flexibility index (Phi) is 4.52. The fourth-order valence-corrected chi connectivity index (χ4v) is 1.71. The Balaban J connectivity index is 2.90. The van der Waals surface area contributed by atoms with E-state index in [4.69, 9.17) is 5.73 Å². The molecule has 0 aliphatic heterocycles. The highest BCUT2D eigenvalue weighted by atomic mass is 19.1. The van der Waals surface area contributed by atoms with Gasteiger partial charge in [-0.15, -0.1) is 0 Å². The van der Waals surface area contributed by atoms with Crippen molar-refractivity contribution in [2.24, 2.45) is 11.1 Å². The lowest BCUT2D eigenvalue weighted by Gasteiger charge is -2.36. The first-order valence-electron chi connectivity index (χ1n) is 6.13. The number of para-hydroxylation sites is 1. The van der Waals surface area contributed by atoms with Gasteiger partial charge in [0.25, 0.3) is 0 Å². The molecule has 0 amide bonds. The summed E-state index contributed by atoms with van der Waals surface area (Å²) in [6, 6.07) is 6.96. The molecule has 1 rings (SSSR count). The van der Waals surface area contributed by atoms with E-state index in [1.54, 1.807) is 6.07 Å². The average molecular weight is 238 g/mol. The van der Waals surface area contributed by atoms with E-state index in [2.05, 4.69) is 13.8 Å². The zero-order valence-electron chi connectivity index (χ0n) is 11.2. The van der Waals surface area contributed by atoms with Crippen molar-refractivity contribution in [2.45, 2.75) is 33.7 Å². The van der Waals surface area contributed by atoms with Crippen LogP contribution in [-0.2, 0) is 0 Å². The minimum atomic E-state index is -0.171. The van der Waals surface area contributed by atoms with Crippen LogP contribution >= 0.6 is 0 Å². The number of hydrogen-bond acceptors (Lipinski definition) is 2. The molecular formula is C14H23FN2. The Bertz CT molecular complexity index is 361. The number of halogens is 1. The Hall–Kier alpha value is -1.09. The average Bonchev–Trinajstić information content (AvgIpc) is 2.26. The van der Waals surface area contributed by atoms with Gasteiger partial charge in [-0.2, -0.15) is 0 Å². The van der Waals surface area contributed by atoms with Crippen molar-refractivity contribution in [3.63, 3.8) is 0 Å². The molecule has 96 valence electrons. The summed E-state index contributed by atoms with van der Waals surface area (Å²) in [7, 11) is 0. The molecule has 0 aliphatic carbocycles. The zero-order chi connectivity index (χ0) is 13.1. The minimum absolute atomic E-state index is 0.0434. The summed E-state index contributed by atoms with van der Waals surface area (Å²) in [6.45, 7) is 9.78. The summed E-state index contributed by atoms with van der Waals surface area (Å²) in [5.41, 5.74) is 6.58. The van der Waals surface area contributed by atoms with Crippen molar-refractivity contribution in [3.05, 3.63) is 30.1 Å². The quantitative estimate of drug-likeness (QED) is 0.854. The molecule has 1 aromatic rings. The van der Waals surface area contributed by atoms with Gasteiger partial charge in [-0.05, 0) is 31.4 Å². The molecule has 1 aromatic carbocycles. The third kappa shape index (κ3) is 3.43. The van der Waals surface area contributed by atoms with Crippen LogP contribution in [0.15, 0.2) is 24.3 Å². The molecule has 0 saturated carbocycles. The van der Waals surface area contributed by atoms with E-state index in [9.17, 15) is 4.39 Å². The largest absolute Gasteiger partial charge is 0.369 e. The first-order valence-corrected chi connectivity index (χ1v) is 6.13. The van der Waals surface area contributed by atoms with E-state index < -0.39 is 0 Å². The van der Waals surface area contributed by atoms with Crippen LogP contribution in [0.25, 0.3) is 0 Å². The van der Waals surface area contributed by atoms with Crippen LogP contribution in [0.3, 0.4) is 0 Å². The molecule has 0 spiro atoms. The number of nitrogens with zero attached hydrogens (tertiary/aromatic N) is 1. The van der Waals surface area contributed by atoms with Crippen LogP contribution < -0.4 is 10.6 Å². The molecule has 1 unspecified atom stereocenters. The lowest BCUT2D eigenvalue weighted by atomic mass is 9.85. The Labute approximate surface area is 104 Å². The van der Waals surface area contributed by atoms with Crippen molar-refractivity contribution < 1.29 is 4.39 Å². The molecule has 0 bridgehead atoms. The highest BCUT2D eigenvalue weighted by molar-refractivity contribution is 5.47. The van der Waals surface area contributed by atoms with Crippen molar-refractivity contribution in [3.8, 4) is 0 Å². The van der Waals surface area contributed by atoms with Gasteiger partial charge in [0.2, 0.25) is 0 Å². The fraction of sp³-hybridized carbons (Fsp3) is 0.571. The van der Waals surface area contributed by atoms with Gasteiger partial charge < -0.3 is 10.6 Å².